The van der Waals surface area contributed by atoms with E-state index in [2.05, 4.69) is 4.98 Å². The Morgan fingerprint density at radius 1 is 1.08 bits per heavy atom. The smallest absolute Gasteiger partial charge is 0.342 e. The average molecular weight is 349 g/mol. The summed E-state index contributed by atoms with van der Waals surface area (Å²) in [5.74, 6) is 0.188. The first-order chi connectivity index (χ1) is 11.8. The van der Waals surface area contributed by atoms with Crippen LogP contribution in [0.3, 0.4) is 0 Å². The van der Waals surface area contributed by atoms with Gasteiger partial charge in [0, 0.05) is 18.8 Å². The lowest BCUT2D eigenvalue weighted by Crippen LogP contribution is -2.23. The lowest BCUT2D eigenvalue weighted by atomic mass is 10.2. The fourth-order valence-electron chi connectivity index (χ4n) is 2.95. The maximum absolute atomic E-state index is 13.3. The predicted octanol–water partition coefficient (Wildman–Crippen LogP) is 4.78. The molecular formula is C18H15F4N3. The number of halogens is 4. The van der Waals surface area contributed by atoms with Crippen molar-refractivity contribution in [2.75, 3.05) is 11.9 Å². The zero-order valence-electron chi connectivity index (χ0n) is 13.4. The Kier molecular flexibility index (Phi) is 3.49. The molecule has 0 radical (unpaired) electrons. The summed E-state index contributed by atoms with van der Waals surface area (Å²) in [7, 11) is 1.88. The number of imidazole rings is 1. The van der Waals surface area contributed by atoms with Crippen LogP contribution in [0, 0.1) is 5.82 Å². The fraction of sp³-hybridized carbons (Fsp3) is 0.278. The summed E-state index contributed by atoms with van der Waals surface area (Å²) in [6, 6.07) is 9.69. The molecule has 25 heavy (non-hydrogen) atoms. The highest BCUT2D eigenvalue weighted by Crippen LogP contribution is 2.36. The fourth-order valence-corrected chi connectivity index (χ4v) is 2.95. The van der Waals surface area contributed by atoms with E-state index in [1.165, 1.54) is 18.2 Å². The molecule has 1 saturated carbocycles. The van der Waals surface area contributed by atoms with E-state index >= 15 is 0 Å². The zero-order chi connectivity index (χ0) is 17.8. The van der Waals surface area contributed by atoms with E-state index in [1.807, 2.05) is 11.9 Å². The molecule has 0 unspecified atom stereocenters. The molecule has 7 heteroatoms. The van der Waals surface area contributed by atoms with Gasteiger partial charge in [0.1, 0.15) is 5.82 Å². The molecule has 1 aliphatic rings. The normalized spacial score (nSPS) is 14.9. The van der Waals surface area contributed by atoms with E-state index in [0.717, 1.165) is 25.0 Å². The number of fused-ring (bicyclic) bond motifs is 1. The van der Waals surface area contributed by atoms with Crippen LogP contribution < -0.4 is 4.90 Å². The van der Waals surface area contributed by atoms with Gasteiger partial charge in [-0.1, -0.05) is 0 Å². The molecule has 0 atom stereocenters. The third kappa shape index (κ3) is 2.83. The molecule has 2 aromatic carbocycles. The average Bonchev–Trinajstić information content (AvgIpc) is 3.34. The molecule has 0 N–H and O–H groups in total. The summed E-state index contributed by atoms with van der Waals surface area (Å²) in [6.07, 6.45) is -2.37. The van der Waals surface area contributed by atoms with Crippen LogP contribution in [0.2, 0.25) is 0 Å². The highest BCUT2D eigenvalue weighted by molar-refractivity contribution is 5.82. The third-order valence-corrected chi connectivity index (χ3v) is 4.46. The maximum atomic E-state index is 13.3. The first kappa shape index (κ1) is 15.9. The summed E-state index contributed by atoms with van der Waals surface area (Å²) < 4.78 is 54.0. The van der Waals surface area contributed by atoms with Crippen molar-refractivity contribution in [3.63, 3.8) is 0 Å². The SMILES string of the molecule is CN(c1nc2cc(C(F)(F)F)ccc2n1-c1ccc(F)cc1)C1CC1. The second-order valence-corrected chi connectivity index (χ2v) is 6.27. The number of hydrogen-bond donors (Lipinski definition) is 0. The molecule has 0 aliphatic heterocycles. The Bertz CT molecular complexity index is 924. The van der Waals surface area contributed by atoms with Crippen molar-refractivity contribution in [1.82, 2.24) is 9.55 Å². The molecule has 1 aliphatic carbocycles. The minimum atomic E-state index is -4.42. The molecule has 0 saturated heterocycles. The van der Waals surface area contributed by atoms with Crippen LogP contribution in [0.5, 0.6) is 0 Å². The Hall–Kier alpha value is -2.57. The van der Waals surface area contributed by atoms with Gasteiger partial charge in [-0.2, -0.15) is 13.2 Å². The Morgan fingerprint density at radius 3 is 2.36 bits per heavy atom. The standard InChI is InChI=1S/C18H15F4N3/c1-24(13-7-8-13)17-23-15-10-11(18(20,21)22)2-9-16(15)25(17)14-5-3-12(19)4-6-14/h2-6,9-10,13H,7-8H2,1H3. The largest absolute Gasteiger partial charge is 0.416 e. The molecule has 3 nitrogen and oxygen atoms in total. The minimum Gasteiger partial charge on any atom is -0.342 e. The van der Waals surface area contributed by atoms with Gasteiger partial charge in [-0.3, -0.25) is 4.57 Å². The number of benzene rings is 2. The Morgan fingerprint density at radius 2 is 1.76 bits per heavy atom. The topological polar surface area (TPSA) is 21.1 Å². The van der Waals surface area contributed by atoms with Crippen LogP contribution in [0.25, 0.3) is 16.7 Å². The van der Waals surface area contributed by atoms with E-state index in [1.54, 1.807) is 16.7 Å². The summed E-state index contributed by atoms with van der Waals surface area (Å²) in [4.78, 5) is 6.41. The summed E-state index contributed by atoms with van der Waals surface area (Å²) in [5, 5.41) is 0. The van der Waals surface area contributed by atoms with Gasteiger partial charge in [0.05, 0.1) is 16.6 Å². The molecule has 3 aromatic rings. The van der Waals surface area contributed by atoms with E-state index in [0.29, 0.717) is 23.2 Å². The first-order valence-electron chi connectivity index (χ1n) is 7.93. The summed E-state index contributed by atoms with van der Waals surface area (Å²) in [5.41, 5.74) is 0.749. The van der Waals surface area contributed by atoms with Crippen molar-refractivity contribution in [3.8, 4) is 5.69 Å². The van der Waals surface area contributed by atoms with Crippen molar-refractivity contribution in [1.29, 1.82) is 0 Å². The minimum absolute atomic E-state index is 0.265. The molecule has 1 fully saturated rings. The summed E-state index contributed by atoms with van der Waals surface area (Å²) >= 11 is 0. The van der Waals surface area contributed by atoms with Crippen molar-refractivity contribution < 1.29 is 17.6 Å². The lowest BCUT2D eigenvalue weighted by molar-refractivity contribution is -0.137. The van der Waals surface area contributed by atoms with Crippen molar-refractivity contribution in [2.24, 2.45) is 0 Å². The van der Waals surface area contributed by atoms with Crippen molar-refractivity contribution >= 4 is 17.0 Å². The number of alkyl halides is 3. The molecular weight excluding hydrogens is 334 g/mol. The number of anilines is 1. The van der Waals surface area contributed by atoms with Crippen molar-refractivity contribution in [2.45, 2.75) is 25.1 Å². The van der Waals surface area contributed by atoms with Gasteiger partial charge in [0.2, 0.25) is 5.95 Å². The Labute approximate surface area is 141 Å². The van der Waals surface area contributed by atoms with E-state index in [-0.39, 0.29) is 11.3 Å². The van der Waals surface area contributed by atoms with Crippen LogP contribution in [0.1, 0.15) is 18.4 Å². The van der Waals surface area contributed by atoms with Gasteiger partial charge >= 0.3 is 6.18 Å². The van der Waals surface area contributed by atoms with Crippen LogP contribution in [-0.2, 0) is 6.18 Å². The maximum Gasteiger partial charge on any atom is 0.416 e. The van der Waals surface area contributed by atoms with Crippen LogP contribution in [0.4, 0.5) is 23.5 Å². The molecule has 1 heterocycles. The monoisotopic (exact) mass is 349 g/mol. The predicted molar refractivity (Wildman–Crippen MR) is 87.5 cm³/mol. The van der Waals surface area contributed by atoms with Gasteiger partial charge in [0.15, 0.2) is 0 Å². The third-order valence-electron chi connectivity index (χ3n) is 4.46. The van der Waals surface area contributed by atoms with Crippen LogP contribution in [0.15, 0.2) is 42.5 Å². The van der Waals surface area contributed by atoms with Gasteiger partial charge in [-0.15, -0.1) is 0 Å². The second kappa shape index (κ2) is 5.47. The van der Waals surface area contributed by atoms with Crippen molar-refractivity contribution in [3.05, 3.63) is 53.8 Å². The number of hydrogen-bond acceptors (Lipinski definition) is 2. The summed E-state index contributed by atoms with van der Waals surface area (Å²) in [6.45, 7) is 0. The molecule has 0 bridgehead atoms. The molecule has 0 amide bonds. The van der Waals surface area contributed by atoms with E-state index in [4.69, 9.17) is 0 Å². The van der Waals surface area contributed by atoms with Gasteiger partial charge in [-0.25, -0.2) is 9.37 Å². The van der Waals surface area contributed by atoms with Gasteiger partial charge < -0.3 is 4.90 Å². The zero-order valence-corrected chi connectivity index (χ0v) is 13.4. The highest BCUT2D eigenvalue weighted by Gasteiger charge is 2.33. The van der Waals surface area contributed by atoms with Crippen LogP contribution >= 0.6 is 0 Å². The number of nitrogens with zero attached hydrogens (tertiary/aromatic N) is 3. The van der Waals surface area contributed by atoms with E-state index < -0.39 is 11.7 Å². The molecule has 0 spiro atoms. The first-order valence-corrected chi connectivity index (χ1v) is 7.93. The Balaban J connectivity index is 1.93. The molecule has 4 rings (SSSR count). The van der Waals surface area contributed by atoms with Gasteiger partial charge in [-0.05, 0) is 55.3 Å². The number of aromatic nitrogens is 2. The van der Waals surface area contributed by atoms with E-state index in [9.17, 15) is 17.6 Å². The number of rotatable bonds is 3. The van der Waals surface area contributed by atoms with Crippen LogP contribution in [-0.4, -0.2) is 22.6 Å². The second-order valence-electron chi connectivity index (χ2n) is 6.27. The molecule has 130 valence electrons. The van der Waals surface area contributed by atoms with Gasteiger partial charge in [0.25, 0.3) is 0 Å². The molecule has 1 aromatic heterocycles. The quantitative estimate of drug-likeness (QED) is 0.635. The highest BCUT2D eigenvalue weighted by atomic mass is 19.4. The lowest BCUT2D eigenvalue weighted by Gasteiger charge is -2.19.